The van der Waals surface area contributed by atoms with Crippen LogP contribution < -0.4 is 5.32 Å². The normalized spacial score (nSPS) is 9.50. The number of amides is 2. The molecule has 0 saturated heterocycles. The van der Waals surface area contributed by atoms with Gasteiger partial charge in [-0.25, -0.2) is 4.98 Å². The van der Waals surface area contributed by atoms with E-state index >= 15 is 0 Å². The Morgan fingerprint density at radius 3 is 2.86 bits per heavy atom. The third-order valence-electron chi connectivity index (χ3n) is 1.30. The second-order valence-corrected chi connectivity index (χ2v) is 3.56. The summed E-state index contributed by atoms with van der Waals surface area (Å²) in [6.45, 7) is 1.31. The van der Waals surface area contributed by atoms with Gasteiger partial charge in [0.25, 0.3) is 0 Å². The Hall–Kier alpha value is -1.36. The fourth-order valence-corrected chi connectivity index (χ4v) is 1.47. The summed E-state index contributed by atoms with van der Waals surface area (Å²) in [5.41, 5.74) is 0. The van der Waals surface area contributed by atoms with Crippen molar-refractivity contribution in [2.24, 2.45) is 0 Å². The van der Waals surface area contributed by atoms with Gasteiger partial charge in [-0.1, -0.05) is 17.8 Å². The number of carbonyl (C=O) groups excluding carboxylic acids is 2. The minimum Gasteiger partial charge on any atom is -0.296 e. The van der Waals surface area contributed by atoms with E-state index in [1.807, 2.05) is 12.1 Å². The van der Waals surface area contributed by atoms with E-state index in [9.17, 15) is 9.59 Å². The van der Waals surface area contributed by atoms with Crippen molar-refractivity contribution in [1.82, 2.24) is 10.3 Å². The van der Waals surface area contributed by atoms with E-state index in [1.54, 1.807) is 12.3 Å². The largest absolute Gasteiger partial charge is 0.296 e. The van der Waals surface area contributed by atoms with E-state index in [-0.39, 0.29) is 17.6 Å². The molecular weight excluding hydrogens is 200 g/mol. The van der Waals surface area contributed by atoms with E-state index in [4.69, 9.17) is 0 Å². The minimum absolute atomic E-state index is 0.205. The highest BCUT2D eigenvalue weighted by Gasteiger charge is 2.04. The van der Waals surface area contributed by atoms with Crippen molar-refractivity contribution in [3.05, 3.63) is 24.4 Å². The molecule has 1 aromatic rings. The Labute approximate surface area is 86.1 Å². The average Bonchev–Trinajstić information content (AvgIpc) is 2.15. The van der Waals surface area contributed by atoms with E-state index in [0.717, 1.165) is 5.03 Å². The van der Waals surface area contributed by atoms with Gasteiger partial charge in [0.05, 0.1) is 10.8 Å². The highest BCUT2D eigenvalue weighted by molar-refractivity contribution is 7.99. The molecule has 0 aliphatic heterocycles. The predicted molar refractivity (Wildman–Crippen MR) is 53.8 cm³/mol. The van der Waals surface area contributed by atoms with E-state index < -0.39 is 0 Å². The number of nitrogens with one attached hydrogen (secondary N) is 1. The smallest absolute Gasteiger partial charge is 0.236 e. The Kier molecular flexibility index (Phi) is 4.12. The van der Waals surface area contributed by atoms with Crippen molar-refractivity contribution < 1.29 is 9.59 Å². The second-order valence-electron chi connectivity index (χ2n) is 2.56. The van der Waals surface area contributed by atoms with Gasteiger partial charge in [0.1, 0.15) is 0 Å². The lowest BCUT2D eigenvalue weighted by Crippen LogP contribution is -2.29. The van der Waals surface area contributed by atoms with E-state index in [2.05, 4.69) is 10.3 Å². The molecule has 5 heteroatoms. The van der Waals surface area contributed by atoms with Crippen molar-refractivity contribution >= 4 is 23.6 Å². The molecule has 1 rings (SSSR count). The molecule has 1 N–H and O–H groups in total. The first-order valence-corrected chi connectivity index (χ1v) is 5.01. The van der Waals surface area contributed by atoms with Crippen LogP contribution in [0.3, 0.4) is 0 Å². The lowest BCUT2D eigenvalue weighted by Gasteiger charge is -1.99. The molecule has 0 aliphatic rings. The Balaban J connectivity index is 2.34. The van der Waals surface area contributed by atoms with Gasteiger partial charge in [0.2, 0.25) is 11.8 Å². The molecule has 4 nitrogen and oxygen atoms in total. The summed E-state index contributed by atoms with van der Waals surface area (Å²) in [6, 6.07) is 5.46. The van der Waals surface area contributed by atoms with Crippen LogP contribution in [0, 0.1) is 0 Å². The van der Waals surface area contributed by atoms with Crippen LogP contribution >= 0.6 is 11.8 Å². The molecule has 0 saturated carbocycles. The number of hydrogen-bond donors (Lipinski definition) is 1. The minimum atomic E-state index is -0.336. The molecule has 0 aliphatic carbocycles. The monoisotopic (exact) mass is 210 g/mol. The zero-order chi connectivity index (χ0) is 10.4. The molecule has 74 valence electrons. The highest BCUT2D eigenvalue weighted by atomic mass is 32.2. The molecule has 0 spiro atoms. The highest BCUT2D eigenvalue weighted by Crippen LogP contribution is 2.12. The van der Waals surface area contributed by atoms with Crippen LogP contribution in [-0.4, -0.2) is 22.6 Å². The van der Waals surface area contributed by atoms with Gasteiger partial charge >= 0.3 is 0 Å². The second kappa shape index (κ2) is 5.39. The lowest BCUT2D eigenvalue weighted by atomic mass is 10.5. The van der Waals surface area contributed by atoms with Crippen LogP contribution in [0.1, 0.15) is 6.92 Å². The van der Waals surface area contributed by atoms with Crippen LogP contribution in [0.5, 0.6) is 0 Å². The van der Waals surface area contributed by atoms with Gasteiger partial charge in [-0.2, -0.15) is 0 Å². The Bertz CT molecular complexity index is 327. The van der Waals surface area contributed by atoms with Crippen LogP contribution in [-0.2, 0) is 9.59 Å². The Morgan fingerprint density at radius 2 is 2.29 bits per heavy atom. The first-order valence-electron chi connectivity index (χ1n) is 4.03. The molecular formula is C9H10N2O2S. The predicted octanol–water partition coefficient (Wildman–Crippen LogP) is 0.836. The summed E-state index contributed by atoms with van der Waals surface area (Å²) in [6.07, 6.45) is 1.66. The van der Waals surface area contributed by atoms with Gasteiger partial charge in [-0.3, -0.25) is 14.9 Å². The number of aromatic nitrogens is 1. The number of pyridine rings is 1. The molecule has 0 bridgehead atoms. The molecule has 2 amide bonds. The maximum absolute atomic E-state index is 11.0. The Morgan fingerprint density at radius 1 is 1.50 bits per heavy atom. The molecule has 0 radical (unpaired) electrons. The van der Waals surface area contributed by atoms with E-state index in [0.29, 0.717) is 0 Å². The summed E-state index contributed by atoms with van der Waals surface area (Å²) in [5, 5.41) is 2.96. The summed E-state index contributed by atoms with van der Waals surface area (Å²) < 4.78 is 0. The molecule has 14 heavy (non-hydrogen) atoms. The molecule has 1 aromatic heterocycles. The van der Waals surface area contributed by atoms with Crippen LogP contribution in [0.15, 0.2) is 29.4 Å². The first kappa shape index (κ1) is 10.7. The number of hydrogen-bond acceptors (Lipinski definition) is 4. The maximum atomic E-state index is 11.0. The summed E-state index contributed by atoms with van der Waals surface area (Å²) in [7, 11) is 0. The third kappa shape index (κ3) is 4.04. The fraction of sp³-hybridized carbons (Fsp3) is 0.222. The zero-order valence-corrected chi connectivity index (χ0v) is 8.50. The number of imide groups is 1. The van der Waals surface area contributed by atoms with Gasteiger partial charge in [-0.15, -0.1) is 0 Å². The van der Waals surface area contributed by atoms with Crippen molar-refractivity contribution in [3.63, 3.8) is 0 Å². The maximum Gasteiger partial charge on any atom is 0.236 e. The molecule has 0 atom stereocenters. The zero-order valence-electron chi connectivity index (χ0n) is 7.69. The molecule has 0 aromatic carbocycles. The van der Waals surface area contributed by atoms with Gasteiger partial charge in [0.15, 0.2) is 0 Å². The summed E-state index contributed by atoms with van der Waals surface area (Å²) in [4.78, 5) is 25.6. The van der Waals surface area contributed by atoms with Crippen molar-refractivity contribution in [2.75, 3.05) is 5.75 Å². The van der Waals surface area contributed by atoms with Crippen LogP contribution in [0.2, 0.25) is 0 Å². The quantitative estimate of drug-likeness (QED) is 0.751. The summed E-state index contributed by atoms with van der Waals surface area (Å²) >= 11 is 1.30. The van der Waals surface area contributed by atoms with Crippen LogP contribution in [0.4, 0.5) is 0 Å². The van der Waals surface area contributed by atoms with E-state index in [1.165, 1.54) is 18.7 Å². The SMILES string of the molecule is CC(=O)NC(=O)CSc1ccccn1. The third-order valence-corrected chi connectivity index (χ3v) is 2.25. The fourth-order valence-electron chi connectivity index (χ4n) is 0.804. The van der Waals surface area contributed by atoms with Crippen molar-refractivity contribution in [2.45, 2.75) is 11.9 Å². The number of carbonyl (C=O) groups is 2. The number of nitrogens with zero attached hydrogens (tertiary/aromatic N) is 1. The lowest BCUT2D eigenvalue weighted by molar-refractivity contribution is -0.127. The molecule has 0 fully saturated rings. The average molecular weight is 210 g/mol. The van der Waals surface area contributed by atoms with Crippen molar-refractivity contribution in [3.8, 4) is 0 Å². The molecule has 1 heterocycles. The standard InChI is InChI=1S/C9H10N2O2S/c1-7(12)11-8(13)6-14-9-4-2-3-5-10-9/h2-5H,6H2,1H3,(H,11,12,13). The number of rotatable bonds is 3. The molecule has 0 unspecified atom stereocenters. The van der Waals surface area contributed by atoms with Gasteiger partial charge < -0.3 is 0 Å². The van der Waals surface area contributed by atoms with Gasteiger partial charge in [0, 0.05) is 13.1 Å². The van der Waals surface area contributed by atoms with Crippen molar-refractivity contribution in [1.29, 1.82) is 0 Å². The van der Waals surface area contributed by atoms with Gasteiger partial charge in [-0.05, 0) is 12.1 Å². The summed E-state index contributed by atoms with van der Waals surface area (Å²) in [5.74, 6) is -0.430. The topological polar surface area (TPSA) is 59.1 Å². The van der Waals surface area contributed by atoms with Crippen LogP contribution in [0.25, 0.3) is 0 Å². The number of thioether (sulfide) groups is 1. The first-order chi connectivity index (χ1) is 6.68.